The molecule has 0 radical (unpaired) electrons. The number of benzene rings is 2. The molecular formula is C32H29ClN4O4S. The molecule has 42 heavy (non-hydrogen) atoms. The average Bonchev–Trinajstić information content (AvgIpc) is 3.63. The smallest absolute Gasteiger partial charge is 0.301 e. The number of rotatable bonds is 8. The summed E-state index contributed by atoms with van der Waals surface area (Å²) in [6, 6.07) is 15.4. The number of aliphatic hydroxyl groups excluding tert-OH is 1. The highest BCUT2D eigenvalue weighted by molar-refractivity contribution is 7.22. The number of carbonyl (C=O) groups is 2. The fraction of sp³-hybridized carbons (Fsp3) is 0.250. The van der Waals surface area contributed by atoms with Crippen molar-refractivity contribution in [2.75, 3.05) is 11.5 Å². The van der Waals surface area contributed by atoms with E-state index in [0.717, 1.165) is 29.5 Å². The summed E-state index contributed by atoms with van der Waals surface area (Å²) in [6.45, 7) is 6.49. The summed E-state index contributed by atoms with van der Waals surface area (Å²) in [7, 11) is 0. The van der Waals surface area contributed by atoms with E-state index in [0.29, 0.717) is 44.9 Å². The van der Waals surface area contributed by atoms with E-state index in [4.69, 9.17) is 16.3 Å². The second kappa shape index (κ2) is 11.2. The van der Waals surface area contributed by atoms with Crippen molar-refractivity contribution in [3.05, 3.63) is 93.9 Å². The number of aromatic nitrogens is 3. The molecule has 1 aliphatic rings. The zero-order chi connectivity index (χ0) is 29.5. The van der Waals surface area contributed by atoms with Crippen molar-refractivity contribution in [1.82, 2.24) is 14.4 Å². The number of pyridine rings is 1. The van der Waals surface area contributed by atoms with E-state index >= 15 is 0 Å². The van der Waals surface area contributed by atoms with E-state index < -0.39 is 17.7 Å². The molecule has 5 aromatic rings. The Morgan fingerprint density at radius 2 is 1.86 bits per heavy atom. The molecule has 1 amide bonds. The molecule has 214 valence electrons. The lowest BCUT2D eigenvalue weighted by Crippen LogP contribution is -2.29. The number of anilines is 1. The quantitative estimate of drug-likeness (QED) is 0.0862. The Kier molecular flexibility index (Phi) is 7.47. The highest BCUT2D eigenvalue weighted by Crippen LogP contribution is 2.45. The first-order valence-corrected chi connectivity index (χ1v) is 15.0. The molecule has 0 saturated carbocycles. The number of unbranched alkanes of at least 4 members (excludes halogenated alkanes) is 2. The maximum atomic E-state index is 13.7. The molecule has 1 fully saturated rings. The van der Waals surface area contributed by atoms with Crippen molar-refractivity contribution >= 4 is 61.4 Å². The van der Waals surface area contributed by atoms with Crippen LogP contribution in [0.25, 0.3) is 21.6 Å². The van der Waals surface area contributed by atoms with Gasteiger partial charge in [-0.3, -0.25) is 14.5 Å². The van der Waals surface area contributed by atoms with Gasteiger partial charge in [0.2, 0.25) is 0 Å². The van der Waals surface area contributed by atoms with Crippen LogP contribution in [0, 0.1) is 13.8 Å². The lowest BCUT2D eigenvalue weighted by molar-refractivity contribution is -0.132. The van der Waals surface area contributed by atoms with Gasteiger partial charge in [0.15, 0.2) is 10.9 Å². The molecule has 2 aromatic carbocycles. The van der Waals surface area contributed by atoms with Gasteiger partial charge in [0.1, 0.15) is 17.1 Å². The van der Waals surface area contributed by atoms with Crippen LogP contribution in [-0.4, -0.2) is 37.8 Å². The number of thiazole rings is 1. The van der Waals surface area contributed by atoms with Crippen molar-refractivity contribution in [3.8, 4) is 5.75 Å². The van der Waals surface area contributed by atoms with Gasteiger partial charge in [0.25, 0.3) is 5.78 Å². The number of fused-ring (bicyclic) bond motifs is 2. The number of aliphatic hydroxyl groups is 1. The molecule has 0 bridgehead atoms. The van der Waals surface area contributed by atoms with Crippen molar-refractivity contribution in [2.24, 2.45) is 0 Å². The molecule has 6 rings (SSSR count). The van der Waals surface area contributed by atoms with Gasteiger partial charge in [0, 0.05) is 11.2 Å². The molecule has 1 aliphatic heterocycles. The van der Waals surface area contributed by atoms with Crippen LogP contribution >= 0.6 is 22.9 Å². The predicted molar refractivity (Wildman–Crippen MR) is 166 cm³/mol. The Morgan fingerprint density at radius 1 is 1.07 bits per heavy atom. The lowest BCUT2D eigenvalue weighted by Gasteiger charge is -2.23. The van der Waals surface area contributed by atoms with Crippen molar-refractivity contribution < 1.29 is 19.4 Å². The number of aryl methyl sites for hydroxylation is 2. The number of ketones is 1. The number of carbonyl (C=O) groups excluding carboxylic acids is 2. The predicted octanol–water partition coefficient (Wildman–Crippen LogP) is 7.41. The lowest BCUT2D eigenvalue weighted by atomic mass is 9.96. The molecule has 4 heterocycles. The van der Waals surface area contributed by atoms with Gasteiger partial charge in [-0.25, -0.2) is 9.97 Å². The van der Waals surface area contributed by atoms with E-state index in [-0.39, 0.29) is 17.0 Å². The molecule has 1 unspecified atom stereocenters. The summed E-state index contributed by atoms with van der Waals surface area (Å²) in [5, 5.41) is 12.6. The summed E-state index contributed by atoms with van der Waals surface area (Å²) < 4.78 is 8.53. The van der Waals surface area contributed by atoms with Crippen molar-refractivity contribution in [2.45, 2.75) is 46.1 Å². The SMILES string of the molecule is CCCCCOc1ccc(C2/C(=C(\O)c3nc4c(C)cccn4c3C)C(=O)C(=O)N2c2nc3ccc(Cl)cc3s2)cc1. The number of Topliss-reactive ketones (excluding diaryl/α,β-unsaturated/α-hetero) is 1. The summed E-state index contributed by atoms with van der Waals surface area (Å²) >= 11 is 7.47. The van der Waals surface area contributed by atoms with Gasteiger partial charge in [-0.1, -0.05) is 60.9 Å². The minimum atomic E-state index is -0.930. The van der Waals surface area contributed by atoms with Crippen LogP contribution in [-0.2, 0) is 9.59 Å². The zero-order valence-corrected chi connectivity index (χ0v) is 25.0. The number of halogens is 1. The minimum absolute atomic E-state index is 0.0435. The summed E-state index contributed by atoms with van der Waals surface area (Å²) in [5.41, 5.74) is 3.72. The second-order valence-electron chi connectivity index (χ2n) is 10.3. The second-order valence-corrected chi connectivity index (χ2v) is 11.8. The molecule has 1 N–H and O–H groups in total. The summed E-state index contributed by atoms with van der Waals surface area (Å²) in [4.78, 5) is 38.1. The van der Waals surface area contributed by atoms with E-state index in [1.165, 1.54) is 16.2 Å². The Balaban J connectivity index is 1.49. The van der Waals surface area contributed by atoms with Crippen LogP contribution in [0.1, 0.15) is 54.7 Å². The van der Waals surface area contributed by atoms with Crippen LogP contribution in [0.3, 0.4) is 0 Å². The fourth-order valence-corrected chi connectivity index (χ4v) is 6.57. The molecule has 1 atom stereocenters. The van der Waals surface area contributed by atoms with Gasteiger partial charge in [0.05, 0.1) is 34.1 Å². The van der Waals surface area contributed by atoms with Gasteiger partial charge in [-0.15, -0.1) is 0 Å². The maximum Gasteiger partial charge on any atom is 0.301 e. The normalized spacial score (nSPS) is 16.7. The first-order chi connectivity index (χ1) is 20.3. The number of ether oxygens (including phenoxy) is 1. The van der Waals surface area contributed by atoms with E-state index in [1.54, 1.807) is 18.2 Å². The molecule has 10 heteroatoms. The summed E-state index contributed by atoms with van der Waals surface area (Å²) in [6.07, 6.45) is 4.99. The van der Waals surface area contributed by atoms with Crippen molar-refractivity contribution in [1.29, 1.82) is 0 Å². The number of hydrogen-bond donors (Lipinski definition) is 1. The molecule has 3 aromatic heterocycles. The van der Waals surface area contributed by atoms with Crippen molar-refractivity contribution in [3.63, 3.8) is 0 Å². The Labute approximate surface area is 251 Å². The van der Waals surface area contributed by atoms with Gasteiger partial charge in [-0.05, 0) is 67.8 Å². The maximum absolute atomic E-state index is 13.7. The van der Waals surface area contributed by atoms with Gasteiger partial charge in [-0.2, -0.15) is 0 Å². The Hall–Kier alpha value is -4.21. The standard InChI is InChI=1S/C32H29ClN4O4S/c1-4-5-6-16-41-22-12-9-20(10-13-22)27-25(28(38)26-19(3)36-15-7-8-18(2)30(36)35-26)29(39)31(40)37(27)32-34-23-14-11-21(33)17-24(23)42-32/h7-15,17,27,38H,4-6,16H2,1-3H3/b28-25+. The van der Waals surface area contributed by atoms with Crippen LogP contribution in [0.5, 0.6) is 5.75 Å². The molecular weight excluding hydrogens is 572 g/mol. The van der Waals surface area contributed by atoms with E-state index in [2.05, 4.69) is 16.9 Å². The third kappa shape index (κ3) is 4.82. The number of nitrogens with zero attached hydrogens (tertiary/aromatic N) is 4. The van der Waals surface area contributed by atoms with Crippen LogP contribution < -0.4 is 9.64 Å². The first-order valence-electron chi connectivity index (χ1n) is 13.8. The number of amides is 1. The van der Waals surface area contributed by atoms with Crippen LogP contribution in [0.2, 0.25) is 5.02 Å². The number of imidazole rings is 1. The molecule has 1 saturated heterocycles. The van der Waals surface area contributed by atoms with E-state index in [1.807, 2.05) is 60.8 Å². The topological polar surface area (TPSA) is 97.0 Å². The Bertz CT molecular complexity index is 1880. The third-order valence-electron chi connectivity index (χ3n) is 7.51. The average molecular weight is 601 g/mol. The highest BCUT2D eigenvalue weighted by atomic mass is 35.5. The number of hydrogen-bond acceptors (Lipinski definition) is 7. The molecule has 8 nitrogen and oxygen atoms in total. The zero-order valence-electron chi connectivity index (χ0n) is 23.4. The highest BCUT2D eigenvalue weighted by Gasteiger charge is 2.48. The molecule has 0 spiro atoms. The largest absolute Gasteiger partial charge is 0.505 e. The molecule has 0 aliphatic carbocycles. The van der Waals surface area contributed by atoms with Gasteiger partial charge >= 0.3 is 5.91 Å². The summed E-state index contributed by atoms with van der Waals surface area (Å²) in [5.74, 6) is -1.22. The fourth-order valence-electron chi connectivity index (χ4n) is 5.30. The van der Waals surface area contributed by atoms with Crippen LogP contribution in [0.15, 0.2) is 66.4 Å². The third-order valence-corrected chi connectivity index (χ3v) is 8.76. The van der Waals surface area contributed by atoms with E-state index in [9.17, 15) is 14.7 Å². The minimum Gasteiger partial charge on any atom is -0.505 e. The first kappa shape index (κ1) is 27.9. The van der Waals surface area contributed by atoms with Crippen LogP contribution in [0.4, 0.5) is 5.13 Å². The monoisotopic (exact) mass is 600 g/mol. The Morgan fingerprint density at radius 3 is 2.60 bits per heavy atom. The van der Waals surface area contributed by atoms with Gasteiger partial charge < -0.3 is 14.2 Å².